The van der Waals surface area contributed by atoms with Crippen LogP contribution in [0.3, 0.4) is 0 Å². The Morgan fingerprint density at radius 2 is 2.00 bits per heavy atom. The van der Waals surface area contributed by atoms with Crippen LogP contribution in [0.1, 0.15) is 22.8 Å². The lowest BCUT2D eigenvalue weighted by Gasteiger charge is -2.13. The summed E-state index contributed by atoms with van der Waals surface area (Å²) in [4.78, 5) is 10.8. The van der Waals surface area contributed by atoms with Crippen molar-refractivity contribution < 1.29 is 18.7 Å². The number of halogens is 2. The standard InChI is InChI=1S/C16H14BrFO3/c1-2-20-15-8-11(9-19)6-7-14(15)21-10-12-4-3-5-13(18)16(12)17/h3-9H,2,10H2,1H3. The molecule has 0 N–H and O–H groups in total. The SMILES string of the molecule is CCOc1cc(C=O)ccc1OCc1cccc(F)c1Br. The van der Waals surface area contributed by atoms with E-state index in [1.165, 1.54) is 6.07 Å². The summed E-state index contributed by atoms with van der Waals surface area (Å²) in [6.45, 7) is 2.50. The van der Waals surface area contributed by atoms with Crippen molar-refractivity contribution in [3.8, 4) is 11.5 Å². The summed E-state index contributed by atoms with van der Waals surface area (Å²) in [5.41, 5.74) is 1.20. The van der Waals surface area contributed by atoms with E-state index < -0.39 is 0 Å². The lowest BCUT2D eigenvalue weighted by molar-refractivity contribution is 0.112. The van der Waals surface area contributed by atoms with Gasteiger partial charge in [0.25, 0.3) is 0 Å². The molecule has 5 heteroatoms. The molecule has 0 heterocycles. The second kappa shape index (κ2) is 7.22. The first kappa shape index (κ1) is 15.5. The Morgan fingerprint density at radius 1 is 1.19 bits per heavy atom. The van der Waals surface area contributed by atoms with Crippen LogP contribution in [0.25, 0.3) is 0 Å². The van der Waals surface area contributed by atoms with Crippen LogP contribution in [0, 0.1) is 5.82 Å². The highest BCUT2D eigenvalue weighted by Gasteiger charge is 2.09. The van der Waals surface area contributed by atoms with Crippen molar-refractivity contribution in [3.05, 3.63) is 57.8 Å². The number of hydrogen-bond donors (Lipinski definition) is 0. The molecule has 2 aromatic rings. The smallest absolute Gasteiger partial charge is 0.161 e. The van der Waals surface area contributed by atoms with Crippen LogP contribution in [-0.4, -0.2) is 12.9 Å². The van der Waals surface area contributed by atoms with Crippen LogP contribution in [0.15, 0.2) is 40.9 Å². The van der Waals surface area contributed by atoms with Gasteiger partial charge in [0.15, 0.2) is 11.5 Å². The molecular weight excluding hydrogens is 339 g/mol. The Hall–Kier alpha value is -1.88. The van der Waals surface area contributed by atoms with E-state index in [9.17, 15) is 9.18 Å². The zero-order valence-corrected chi connectivity index (χ0v) is 13.0. The largest absolute Gasteiger partial charge is 0.490 e. The average Bonchev–Trinajstić information content (AvgIpc) is 2.50. The third-order valence-electron chi connectivity index (χ3n) is 2.82. The summed E-state index contributed by atoms with van der Waals surface area (Å²) >= 11 is 3.19. The normalized spacial score (nSPS) is 10.2. The van der Waals surface area contributed by atoms with E-state index in [4.69, 9.17) is 9.47 Å². The van der Waals surface area contributed by atoms with Gasteiger partial charge >= 0.3 is 0 Å². The van der Waals surface area contributed by atoms with Crippen LogP contribution in [0.5, 0.6) is 11.5 Å². The summed E-state index contributed by atoms with van der Waals surface area (Å²) < 4.78 is 24.9. The molecule has 2 aromatic carbocycles. The molecule has 0 aliphatic heterocycles. The quantitative estimate of drug-likeness (QED) is 0.723. The van der Waals surface area contributed by atoms with Crippen molar-refractivity contribution in [1.29, 1.82) is 0 Å². The molecule has 0 aromatic heterocycles. The fraction of sp³-hybridized carbons (Fsp3) is 0.188. The highest BCUT2D eigenvalue weighted by atomic mass is 79.9. The molecular formula is C16H14BrFO3. The van der Waals surface area contributed by atoms with Crippen LogP contribution < -0.4 is 9.47 Å². The van der Waals surface area contributed by atoms with Crippen molar-refractivity contribution >= 4 is 22.2 Å². The van der Waals surface area contributed by atoms with Gasteiger partial charge in [0.2, 0.25) is 0 Å². The van der Waals surface area contributed by atoms with E-state index in [0.717, 1.165) is 6.29 Å². The molecule has 0 fully saturated rings. The topological polar surface area (TPSA) is 35.5 Å². The molecule has 0 amide bonds. The maximum Gasteiger partial charge on any atom is 0.161 e. The highest BCUT2D eigenvalue weighted by Crippen LogP contribution is 2.30. The maximum atomic E-state index is 13.4. The zero-order valence-electron chi connectivity index (χ0n) is 11.4. The monoisotopic (exact) mass is 352 g/mol. The average molecular weight is 353 g/mol. The predicted octanol–water partition coefficient (Wildman–Crippen LogP) is 4.38. The van der Waals surface area contributed by atoms with Crippen LogP contribution in [0.2, 0.25) is 0 Å². The summed E-state index contributed by atoms with van der Waals surface area (Å²) in [6, 6.07) is 9.70. The number of carbonyl (C=O) groups excluding carboxylic acids is 1. The number of hydrogen-bond acceptors (Lipinski definition) is 3. The fourth-order valence-corrected chi connectivity index (χ4v) is 2.18. The third-order valence-corrected chi connectivity index (χ3v) is 3.71. The lowest BCUT2D eigenvalue weighted by atomic mass is 10.2. The van der Waals surface area contributed by atoms with E-state index >= 15 is 0 Å². The van der Waals surface area contributed by atoms with Gasteiger partial charge in [-0.3, -0.25) is 4.79 Å². The predicted molar refractivity (Wildman–Crippen MR) is 81.4 cm³/mol. The van der Waals surface area contributed by atoms with Gasteiger partial charge in [0.1, 0.15) is 18.7 Å². The Morgan fingerprint density at radius 3 is 2.71 bits per heavy atom. The summed E-state index contributed by atoms with van der Waals surface area (Å²) in [5.74, 6) is 0.672. The van der Waals surface area contributed by atoms with E-state index in [1.54, 1.807) is 30.3 Å². The van der Waals surface area contributed by atoms with Gasteiger partial charge in [-0.25, -0.2) is 4.39 Å². The molecule has 0 radical (unpaired) electrons. The van der Waals surface area contributed by atoms with Gasteiger partial charge in [-0.15, -0.1) is 0 Å². The minimum absolute atomic E-state index is 0.193. The lowest BCUT2D eigenvalue weighted by Crippen LogP contribution is -2.01. The van der Waals surface area contributed by atoms with Gasteiger partial charge in [-0.05, 0) is 47.1 Å². The molecule has 2 rings (SSSR count). The van der Waals surface area contributed by atoms with Gasteiger partial charge < -0.3 is 9.47 Å². The maximum absolute atomic E-state index is 13.4. The molecule has 0 saturated heterocycles. The molecule has 0 atom stereocenters. The molecule has 0 aliphatic rings. The third kappa shape index (κ3) is 3.82. The number of aldehydes is 1. The minimum Gasteiger partial charge on any atom is -0.490 e. The Kier molecular flexibility index (Phi) is 5.33. The Labute approximate surface area is 130 Å². The van der Waals surface area contributed by atoms with Crippen molar-refractivity contribution in [2.24, 2.45) is 0 Å². The van der Waals surface area contributed by atoms with Crippen LogP contribution in [-0.2, 0) is 6.61 Å². The minimum atomic E-state index is -0.336. The summed E-state index contributed by atoms with van der Waals surface area (Å²) in [6.07, 6.45) is 0.745. The van der Waals surface area contributed by atoms with Crippen molar-refractivity contribution in [3.63, 3.8) is 0 Å². The Bertz CT molecular complexity index is 643. The summed E-state index contributed by atoms with van der Waals surface area (Å²) in [5, 5.41) is 0. The molecule has 21 heavy (non-hydrogen) atoms. The highest BCUT2D eigenvalue weighted by molar-refractivity contribution is 9.10. The van der Waals surface area contributed by atoms with Crippen molar-refractivity contribution in [1.82, 2.24) is 0 Å². The number of ether oxygens (including phenoxy) is 2. The molecule has 0 saturated carbocycles. The number of rotatable bonds is 6. The molecule has 0 spiro atoms. The number of benzene rings is 2. The van der Waals surface area contributed by atoms with Crippen LogP contribution >= 0.6 is 15.9 Å². The first-order valence-electron chi connectivity index (χ1n) is 6.43. The second-order valence-corrected chi connectivity index (χ2v) is 5.05. The summed E-state index contributed by atoms with van der Waals surface area (Å²) in [7, 11) is 0. The molecule has 110 valence electrons. The van der Waals surface area contributed by atoms with Gasteiger partial charge in [-0.1, -0.05) is 12.1 Å². The van der Waals surface area contributed by atoms with E-state index in [1.807, 2.05) is 6.92 Å². The first-order chi connectivity index (χ1) is 10.2. The van der Waals surface area contributed by atoms with Gasteiger partial charge in [0, 0.05) is 11.1 Å². The van der Waals surface area contributed by atoms with Gasteiger partial charge in [-0.2, -0.15) is 0 Å². The molecule has 0 unspecified atom stereocenters. The van der Waals surface area contributed by atoms with Crippen molar-refractivity contribution in [2.75, 3.05) is 6.61 Å². The van der Waals surface area contributed by atoms with Gasteiger partial charge in [0.05, 0.1) is 11.1 Å². The van der Waals surface area contributed by atoms with Crippen molar-refractivity contribution in [2.45, 2.75) is 13.5 Å². The van der Waals surface area contributed by atoms with E-state index in [-0.39, 0.29) is 12.4 Å². The molecule has 0 bridgehead atoms. The van der Waals surface area contributed by atoms with E-state index in [2.05, 4.69) is 15.9 Å². The second-order valence-electron chi connectivity index (χ2n) is 4.26. The Balaban J connectivity index is 2.19. The van der Waals surface area contributed by atoms with Crippen LogP contribution in [0.4, 0.5) is 4.39 Å². The molecule has 0 aliphatic carbocycles. The molecule has 3 nitrogen and oxygen atoms in total. The zero-order chi connectivity index (χ0) is 15.2. The first-order valence-corrected chi connectivity index (χ1v) is 7.22. The fourth-order valence-electron chi connectivity index (χ4n) is 1.80. The van der Waals surface area contributed by atoms with E-state index in [0.29, 0.717) is 33.7 Å². The number of carbonyl (C=O) groups is 1.